The van der Waals surface area contributed by atoms with E-state index in [2.05, 4.69) is 0 Å². The van der Waals surface area contributed by atoms with Crippen molar-refractivity contribution in [3.05, 3.63) is 83.4 Å². The minimum atomic E-state index is -4.47. The number of hydrogen-bond donors (Lipinski definition) is 0. The fraction of sp³-hybridized carbons (Fsp3) is 0.512. The molecule has 0 aliphatic carbocycles. The van der Waals surface area contributed by atoms with Crippen molar-refractivity contribution in [2.75, 3.05) is 44.8 Å². The summed E-state index contributed by atoms with van der Waals surface area (Å²) in [5.74, 6) is -2.21. The maximum absolute atomic E-state index is 14.1. The molecule has 0 bridgehead atoms. The zero-order valence-corrected chi connectivity index (χ0v) is 37.1. The molecule has 6 atom stereocenters. The Morgan fingerprint density at radius 2 is 1.48 bits per heavy atom. The predicted molar refractivity (Wildman–Crippen MR) is 226 cm³/mol. The molecule has 2 amide bonds. The fourth-order valence-corrected chi connectivity index (χ4v) is 8.25. The molecule has 346 valence electrons. The molecule has 3 aromatic rings. The SMILES string of the molecule is CCCN(COCCSSCOC(=O)N(CCCc1cccc(C(F)(F)F)c1)[C@H](C)c1cccc2ccccc12)C(=O)O[C@@H]1O[C@H](CF)[C@@H](OC(C)=O)[C@H](OC(C)=O)[C@H]1OC(C)=O. The molecule has 0 aromatic heterocycles. The van der Waals surface area contributed by atoms with Crippen molar-refractivity contribution < 1.29 is 74.7 Å². The highest BCUT2D eigenvalue weighted by Crippen LogP contribution is 2.33. The van der Waals surface area contributed by atoms with Crippen molar-refractivity contribution in [3.8, 4) is 0 Å². The van der Waals surface area contributed by atoms with Crippen LogP contribution in [0.25, 0.3) is 10.8 Å². The smallest absolute Gasteiger partial charge is 0.416 e. The number of rotatable bonds is 21. The molecule has 63 heavy (non-hydrogen) atoms. The number of benzene rings is 3. The molecule has 0 unspecified atom stereocenters. The Morgan fingerprint density at radius 3 is 2.16 bits per heavy atom. The number of nitrogens with zero attached hydrogens (tertiary/aromatic N) is 2. The molecule has 1 heterocycles. The first-order chi connectivity index (χ1) is 30.0. The number of esters is 3. The van der Waals surface area contributed by atoms with Gasteiger partial charge in [-0.15, -0.1) is 0 Å². The lowest BCUT2D eigenvalue weighted by molar-refractivity contribution is -0.293. The second kappa shape index (κ2) is 24.9. The quantitative estimate of drug-likeness (QED) is 0.0250. The van der Waals surface area contributed by atoms with Crippen LogP contribution in [0.3, 0.4) is 0 Å². The number of amides is 2. The summed E-state index contributed by atoms with van der Waals surface area (Å²) in [7, 11) is 2.59. The van der Waals surface area contributed by atoms with E-state index in [9.17, 15) is 41.5 Å². The molecule has 0 radical (unpaired) electrons. The Balaban J connectivity index is 1.30. The highest BCUT2D eigenvalue weighted by Gasteiger charge is 2.53. The van der Waals surface area contributed by atoms with Crippen molar-refractivity contribution in [3.63, 3.8) is 0 Å². The largest absolute Gasteiger partial charge is 0.456 e. The molecule has 14 nitrogen and oxygen atoms in total. The third-order valence-corrected chi connectivity index (χ3v) is 11.6. The molecule has 1 aliphatic rings. The summed E-state index contributed by atoms with van der Waals surface area (Å²) < 4.78 is 92.3. The number of carbonyl (C=O) groups excluding carboxylic acids is 5. The van der Waals surface area contributed by atoms with Crippen molar-refractivity contribution in [1.82, 2.24) is 9.80 Å². The van der Waals surface area contributed by atoms with Crippen molar-refractivity contribution in [2.24, 2.45) is 0 Å². The summed E-state index contributed by atoms with van der Waals surface area (Å²) in [6.07, 6.45) is -12.9. The van der Waals surface area contributed by atoms with Gasteiger partial charge in [0.05, 0.1) is 18.2 Å². The molecular weight excluding hydrogens is 877 g/mol. The van der Waals surface area contributed by atoms with Crippen LogP contribution in [0.5, 0.6) is 0 Å². The van der Waals surface area contributed by atoms with Crippen LogP contribution in [0.15, 0.2) is 66.7 Å². The second-order valence-corrected chi connectivity index (χ2v) is 16.8. The van der Waals surface area contributed by atoms with E-state index in [1.54, 1.807) is 17.9 Å². The Hall–Kier alpha value is -4.79. The minimum Gasteiger partial charge on any atom is -0.456 e. The summed E-state index contributed by atoms with van der Waals surface area (Å²) in [5, 5.41) is 1.95. The van der Waals surface area contributed by atoms with Crippen LogP contribution in [0.1, 0.15) is 70.2 Å². The summed E-state index contributed by atoms with van der Waals surface area (Å²) in [4.78, 5) is 65.5. The Labute approximate surface area is 370 Å². The van der Waals surface area contributed by atoms with Crippen molar-refractivity contribution in [1.29, 1.82) is 0 Å². The number of hydrogen-bond acceptors (Lipinski definition) is 14. The summed E-state index contributed by atoms with van der Waals surface area (Å²) in [6.45, 7) is 5.87. The molecule has 0 N–H and O–H groups in total. The van der Waals surface area contributed by atoms with Gasteiger partial charge in [0.2, 0.25) is 12.4 Å². The van der Waals surface area contributed by atoms with Gasteiger partial charge in [-0.05, 0) is 54.2 Å². The summed E-state index contributed by atoms with van der Waals surface area (Å²) in [5.41, 5.74) is 0.663. The minimum absolute atomic E-state index is 0.0262. The van der Waals surface area contributed by atoms with Gasteiger partial charge in [0.15, 0.2) is 12.2 Å². The molecule has 1 aliphatic heterocycles. The van der Waals surface area contributed by atoms with Crippen molar-refractivity contribution >= 4 is 62.5 Å². The molecule has 0 spiro atoms. The second-order valence-electron chi connectivity index (χ2n) is 14.3. The van der Waals surface area contributed by atoms with Gasteiger partial charge < -0.3 is 38.1 Å². The number of aryl methyl sites for hydroxylation is 1. The van der Waals surface area contributed by atoms with E-state index < -0.39 is 85.3 Å². The van der Waals surface area contributed by atoms with Crippen LogP contribution in [0.4, 0.5) is 27.2 Å². The first-order valence-electron chi connectivity index (χ1n) is 20.1. The first kappa shape index (κ1) is 50.9. The summed E-state index contributed by atoms with van der Waals surface area (Å²) in [6, 6.07) is 18.3. The average Bonchev–Trinajstić information content (AvgIpc) is 3.23. The monoisotopic (exact) mass is 928 g/mol. The lowest BCUT2D eigenvalue weighted by atomic mass is 9.98. The van der Waals surface area contributed by atoms with Crippen LogP contribution in [0.2, 0.25) is 0 Å². The molecule has 20 heteroatoms. The van der Waals surface area contributed by atoms with E-state index in [0.717, 1.165) is 49.2 Å². The van der Waals surface area contributed by atoms with Crippen LogP contribution in [-0.4, -0.2) is 115 Å². The van der Waals surface area contributed by atoms with Crippen molar-refractivity contribution in [2.45, 2.75) is 96.8 Å². The van der Waals surface area contributed by atoms with Gasteiger partial charge in [0.25, 0.3) is 0 Å². The third-order valence-electron chi connectivity index (χ3n) is 9.58. The van der Waals surface area contributed by atoms with E-state index in [4.69, 9.17) is 33.2 Å². The van der Waals surface area contributed by atoms with E-state index >= 15 is 0 Å². The van der Waals surface area contributed by atoms with Gasteiger partial charge in [0.1, 0.15) is 25.4 Å². The van der Waals surface area contributed by atoms with Gasteiger partial charge in [0, 0.05) is 39.6 Å². The highest BCUT2D eigenvalue weighted by atomic mass is 33.1. The maximum atomic E-state index is 14.1. The Kier molecular flexibility index (Phi) is 20.1. The third kappa shape index (κ3) is 15.5. The normalized spacial score (nSPS) is 19.1. The van der Waals surface area contributed by atoms with Gasteiger partial charge in [-0.3, -0.25) is 19.3 Å². The first-order valence-corrected chi connectivity index (χ1v) is 22.6. The number of halogens is 4. The van der Waals surface area contributed by atoms with Crippen LogP contribution < -0.4 is 0 Å². The van der Waals surface area contributed by atoms with Crippen LogP contribution in [-0.2, 0) is 60.1 Å². The van der Waals surface area contributed by atoms with E-state index in [1.165, 1.54) is 32.6 Å². The molecular formula is C43H52F4N2O12S2. The standard InChI is InChI=1S/C43H52F4N2O12S2/c1-6-19-48(41(53)61-40-39(59-30(5)52)38(58-29(4)51)37(57-28(3)50)36(24-44)60-40)25-55-21-22-62-63-26-56-42(54)49(20-11-13-31-12-9-16-33(23-31)43(45,46)47)27(2)34-18-10-15-32-14-7-8-17-35(32)34/h7-10,12,14-18,23,27,36-40H,6,11,13,19-22,24-26H2,1-5H3/t27-,36-,37-,38+,39-,40+/m1/s1. The van der Waals surface area contributed by atoms with Gasteiger partial charge in [-0.2, -0.15) is 13.2 Å². The van der Waals surface area contributed by atoms with E-state index in [-0.39, 0.29) is 32.4 Å². The van der Waals surface area contributed by atoms with Gasteiger partial charge in [-0.1, -0.05) is 89.2 Å². The lowest BCUT2D eigenvalue weighted by Crippen LogP contribution is -2.63. The number of carbonyl (C=O) groups is 5. The summed E-state index contributed by atoms with van der Waals surface area (Å²) >= 11 is 0. The maximum Gasteiger partial charge on any atom is 0.416 e. The number of ether oxygens (including phenoxy) is 7. The van der Waals surface area contributed by atoms with Gasteiger partial charge >= 0.3 is 36.3 Å². The number of alkyl halides is 4. The zero-order valence-electron chi connectivity index (χ0n) is 35.5. The van der Waals surface area contributed by atoms with E-state index in [0.29, 0.717) is 30.6 Å². The Morgan fingerprint density at radius 1 is 0.810 bits per heavy atom. The van der Waals surface area contributed by atoms with Gasteiger partial charge in [-0.25, -0.2) is 14.0 Å². The molecule has 3 aromatic carbocycles. The predicted octanol–water partition coefficient (Wildman–Crippen LogP) is 8.64. The highest BCUT2D eigenvalue weighted by molar-refractivity contribution is 8.76. The lowest BCUT2D eigenvalue weighted by Gasteiger charge is -2.43. The zero-order chi connectivity index (χ0) is 46.1. The molecule has 1 fully saturated rings. The fourth-order valence-electron chi connectivity index (χ4n) is 6.83. The molecule has 0 saturated carbocycles. The number of fused-ring (bicyclic) bond motifs is 1. The van der Waals surface area contributed by atoms with Crippen LogP contribution in [0, 0.1) is 0 Å². The average molecular weight is 929 g/mol. The van der Waals surface area contributed by atoms with E-state index in [1.807, 2.05) is 49.4 Å². The Bertz CT molecular complexity index is 1990. The molecule has 1 saturated heterocycles. The van der Waals surface area contributed by atoms with Crippen LogP contribution >= 0.6 is 21.6 Å². The topological polar surface area (TPSA) is 156 Å². The molecule has 4 rings (SSSR count).